The highest BCUT2D eigenvalue weighted by Gasteiger charge is 2.17. The third-order valence-corrected chi connectivity index (χ3v) is 2.16. The van der Waals surface area contributed by atoms with E-state index in [4.69, 9.17) is 0 Å². The van der Waals surface area contributed by atoms with Gasteiger partial charge in [0, 0.05) is 19.4 Å². The fourth-order valence-electron chi connectivity index (χ4n) is 1.47. The van der Waals surface area contributed by atoms with Gasteiger partial charge in [0.2, 0.25) is 0 Å². The molecule has 2 aromatic heterocycles. The van der Waals surface area contributed by atoms with Gasteiger partial charge in [-0.05, 0) is 12.1 Å². The number of hydrogen-bond donors (Lipinski definition) is 0. The van der Waals surface area contributed by atoms with Gasteiger partial charge in [0.1, 0.15) is 11.4 Å². The van der Waals surface area contributed by atoms with Gasteiger partial charge >= 0.3 is 5.97 Å². The minimum atomic E-state index is -0.383. The van der Waals surface area contributed by atoms with Gasteiger partial charge in [-0.25, -0.2) is 4.79 Å². The van der Waals surface area contributed by atoms with Crippen LogP contribution in [0.1, 0.15) is 10.4 Å². The summed E-state index contributed by atoms with van der Waals surface area (Å²) < 4.78 is 8.13. The predicted octanol–water partition coefficient (Wildman–Crippen LogP) is 0.997. The lowest BCUT2D eigenvalue weighted by Crippen LogP contribution is -2.08. The van der Waals surface area contributed by atoms with Crippen LogP contribution in [0.25, 0.3) is 5.82 Å². The standard InChI is InChI=1S/C10H11N3O2/c1-12-9(13-5-3-4-6-13)8(7-11-12)10(14)15-2/h3-7H,1-2H3. The molecule has 0 aliphatic rings. The Hall–Kier alpha value is -2.04. The second-order valence-electron chi connectivity index (χ2n) is 3.09. The van der Waals surface area contributed by atoms with Crippen LogP contribution in [0.3, 0.4) is 0 Å². The van der Waals surface area contributed by atoms with E-state index in [-0.39, 0.29) is 5.97 Å². The van der Waals surface area contributed by atoms with Crippen LogP contribution >= 0.6 is 0 Å². The molecular formula is C10H11N3O2. The average Bonchev–Trinajstić information content (AvgIpc) is 2.85. The van der Waals surface area contributed by atoms with E-state index < -0.39 is 0 Å². The number of nitrogens with zero attached hydrogens (tertiary/aromatic N) is 3. The quantitative estimate of drug-likeness (QED) is 0.687. The molecule has 0 fully saturated rings. The Kier molecular flexibility index (Phi) is 2.29. The van der Waals surface area contributed by atoms with Crippen molar-refractivity contribution in [2.24, 2.45) is 7.05 Å². The molecule has 0 saturated heterocycles. The van der Waals surface area contributed by atoms with Gasteiger partial charge < -0.3 is 9.30 Å². The molecule has 0 N–H and O–H groups in total. The van der Waals surface area contributed by atoms with Crippen molar-refractivity contribution in [3.63, 3.8) is 0 Å². The summed E-state index contributed by atoms with van der Waals surface area (Å²) in [6, 6.07) is 3.77. The van der Waals surface area contributed by atoms with E-state index in [0.717, 1.165) is 0 Å². The highest BCUT2D eigenvalue weighted by Crippen LogP contribution is 2.14. The monoisotopic (exact) mass is 205 g/mol. The van der Waals surface area contributed by atoms with Crippen LogP contribution in [-0.2, 0) is 11.8 Å². The molecule has 5 nitrogen and oxygen atoms in total. The molecule has 0 bridgehead atoms. The lowest BCUT2D eigenvalue weighted by Gasteiger charge is -2.05. The van der Waals surface area contributed by atoms with E-state index in [1.54, 1.807) is 11.7 Å². The number of ether oxygens (including phenoxy) is 1. The first-order valence-corrected chi connectivity index (χ1v) is 4.47. The highest BCUT2D eigenvalue weighted by atomic mass is 16.5. The van der Waals surface area contributed by atoms with Crippen LogP contribution in [0, 0.1) is 0 Å². The Labute approximate surface area is 86.9 Å². The minimum absolute atomic E-state index is 0.383. The summed E-state index contributed by atoms with van der Waals surface area (Å²) in [6.45, 7) is 0. The van der Waals surface area contributed by atoms with Gasteiger partial charge in [0.15, 0.2) is 0 Å². The van der Waals surface area contributed by atoms with Crippen molar-refractivity contribution in [3.05, 3.63) is 36.3 Å². The molecule has 0 aliphatic heterocycles. The fourth-order valence-corrected chi connectivity index (χ4v) is 1.47. The number of hydrogen-bond acceptors (Lipinski definition) is 3. The zero-order valence-electron chi connectivity index (χ0n) is 8.54. The Morgan fingerprint density at radius 2 is 2.07 bits per heavy atom. The molecule has 5 heteroatoms. The number of carbonyl (C=O) groups is 1. The Morgan fingerprint density at radius 3 is 2.67 bits per heavy atom. The van der Waals surface area contributed by atoms with Crippen molar-refractivity contribution < 1.29 is 9.53 Å². The maximum absolute atomic E-state index is 11.5. The molecule has 0 spiro atoms. The molecule has 2 heterocycles. The average molecular weight is 205 g/mol. The molecule has 2 rings (SSSR count). The molecule has 0 saturated carbocycles. The van der Waals surface area contributed by atoms with Crippen LogP contribution in [0.4, 0.5) is 0 Å². The molecule has 78 valence electrons. The molecule has 0 unspecified atom stereocenters. The molecule has 2 aromatic rings. The zero-order chi connectivity index (χ0) is 10.8. The maximum atomic E-state index is 11.5. The Morgan fingerprint density at radius 1 is 1.40 bits per heavy atom. The lowest BCUT2D eigenvalue weighted by molar-refractivity contribution is 0.0600. The van der Waals surface area contributed by atoms with Crippen molar-refractivity contribution in [3.8, 4) is 5.82 Å². The predicted molar refractivity (Wildman–Crippen MR) is 53.9 cm³/mol. The van der Waals surface area contributed by atoms with Gasteiger partial charge in [-0.2, -0.15) is 5.10 Å². The zero-order valence-corrected chi connectivity index (χ0v) is 8.54. The third kappa shape index (κ3) is 1.52. The van der Waals surface area contributed by atoms with Crippen molar-refractivity contribution in [1.29, 1.82) is 0 Å². The van der Waals surface area contributed by atoms with Gasteiger partial charge in [0.25, 0.3) is 0 Å². The summed E-state index contributed by atoms with van der Waals surface area (Å²) in [6.07, 6.45) is 5.20. The van der Waals surface area contributed by atoms with Crippen LogP contribution in [0.15, 0.2) is 30.7 Å². The van der Waals surface area contributed by atoms with E-state index in [2.05, 4.69) is 9.84 Å². The second kappa shape index (κ2) is 3.61. The van der Waals surface area contributed by atoms with Gasteiger partial charge in [-0.3, -0.25) is 4.68 Å². The second-order valence-corrected chi connectivity index (χ2v) is 3.09. The molecule has 0 radical (unpaired) electrons. The van der Waals surface area contributed by atoms with E-state index in [9.17, 15) is 4.79 Å². The van der Waals surface area contributed by atoms with Crippen molar-refractivity contribution >= 4 is 5.97 Å². The Bertz CT molecular complexity index is 471. The first kappa shape index (κ1) is 9.51. The summed E-state index contributed by atoms with van der Waals surface area (Å²) in [4.78, 5) is 11.5. The van der Waals surface area contributed by atoms with Gasteiger partial charge in [0.05, 0.1) is 13.3 Å². The number of carbonyl (C=O) groups excluding carboxylic acids is 1. The number of aromatic nitrogens is 3. The number of methoxy groups -OCH3 is 1. The summed E-state index contributed by atoms with van der Waals surface area (Å²) in [5.41, 5.74) is 0.455. The summed E-state index contributed by atoms with van der Waals surface area (Å²) >= 11 is 0. The molecule has 0 atom stereocenters. The fraction of sp³-hybridized carbons (Fsp3) is 0.200. The van der Waals surface area contributed by atoms with E-state index in [1.807, 2.05) is 29.1 Å². The van der Waals surface area contributed by atoms with Crippen molar-refractivity contribution in [2.75, 3.05) is 7.11 Å². The topological polar surface area (TPSA) is 49.0 Å². The largest absolute Gasteiger partial charge is 0.465 e. The number of rotatable bonds is 2. The SMILES string of the molecule is COC(=O)c1cnn(C)c1-n1cccc1. The smallest absolute Gasteiger partial charge is 0.343 e. The lowest BCUT2D eigenvalue weighted by atomic mass is 10.3. The summed E-state index contributed by atoms with van der Waals surface area (Å²) in [5, 5.41) is 4.04. The third-order valence-electron chi connectivity index (χ3n) is 2.16. The molecule has 0 amide bonds. The van der Waals surface area contributed by atoms with Crippen LogP contribution in [0.2, 0.25) is 0 Å². The Balaban J connectivity index is 2.55. The van der Waals surface area contributed by atoms with E-state index >= 15 is 0 Å². The van der Waals surface area contributed by atoms with Crippen molar-refractivity contribution in [2.45, 2.75) is 0 Å². The van der Waals surface area contributed by atoms with Crippen LogP contribution < -0.4 is 0 Å². The maximum Gasteiger partial charge on any atom is 0.343 e. The van der Waals surface area contributed by atoms with Gasteiger partial charge in [-0.15, -0.1) is 0 Å². The normalized spacial score (nSPS) is 10.3. The minimum Gasteiger partial charge on any atom is -0.465 e. The number of esters is 1. The first-order valence-electron chi connectivity index (χ1n) is 4.47. The first-order chi connectivity index (χ1) is 7.24. The molecule has 0 aliphatic carbocycles. The molecule has 0 aromatic carbocycles. The molecule has 15 heavy (non-hydrogen) atoms. The molecular weight excluding hydrogens is 194 g/mol. The number of aryl methyl sites for hydroxylation is 1. The van der Waals surface area contributed by atoms with Crippen LogP contribution in [0.5, 0.6) is 0 Å². The summed E-state index contributed by atoms with van der Waals surface area (Å²) in [7, 11) is 3.14. The summed E-state index contributed by atoms with van der Waals surface area (Å²) in [5.74, 6) is 0.318. The van der Waals surface area contributed by atoms with Gasteiger partial charge in [-0.1, -0.05) is 0 Å². The van der Waals surface area contributed by atoms with E-state index in [0.29, 0.717) is 11.4 Å². The van der Waals surface area contributed by atoms with Crippen LogP contribution in [-0.4, -0.2) is 27.4 Å². The highest BCUT2D eigenvalue weighted by molar-refractivity contribution is 5.92. The van der Waals surface area contributed by atoms with Crippen molar-refractivity contribution in [1.82, 2.24) is 14.3 Å². The van der Waals surface area contributed by atoms with E-state index in [1.165, 1.54) is 13.3 Å².